The number of fused-ring (bicyclic) bond motifs is 1. The zero-order valence-corrected chi connectivity index (χ0v) is 16.1. The van der Waals surface area contributed by atoms with Gasteiger partial charge in [0.2, 0.25) is 5.91 Å². The molecule has 1 atom stereocenters. The molecule has 1 aromatic heterocycles. The summed E-state index contributed by atoms with van der Waals surface area (Å²) in [6, 6.07) is 17.9. The molecule has 5 nitrogen and oxygen atoms in total. The molecule has 1 aliphatic heterocycles. The second-order valence-electron chi connectivity index (χ2n) is 7.29. The molecule has 0 saturated carbocycles. The molecule has 0 radical (unpaired) electrons. The summed E-state index contributed by atoms with van der Waals surface area (Å²) in [4.78, 5) is 31.1. The van der Waals surface area contributed by atoms with Gasteiger partial charge in [-0.25, -0.2) is 0 Å². The Labute approximate surface area is 164 Å². The van der Waals surface area contributed by atoms with E-state index in [1.165, 1.54) is 0 Å². The number of pyridine rings is 1. The smallest absolute Gasteiger partial charge is 0.253 e. The highest BCUT2D eigenvalue weighted by Gasteiger charge is 2.30. The Morgan fingerprint density at radius 2 is 1.89 bits per heavy atom. The van der Waals surface area contributed by atoms with Crippen molar-refractivity contribution in [2.75, 3.05) is 20.1 Å². The summed E-state index contributed by atoms with van der Waals surface area (Å²) < 4.78 is 0. The maximum atomic E-state index is 12.9. The Balaban J connectivity index is 1.59. The van der Waals surface area contributed by atoms with Crippen molar-refractivity contribution in [3.05, 3.63) is 65.9 Å². The van der Waals surface area contributed by atoms with Gasteiger partial charge in [0.15, 0.2) is 0 Å². The van der Waals surface area contributed by atoms with Crippen molar-refractivity contribution >= 4 is 22.7 Å². The van der Waals surface area contributed by atoms with Crippen LogP contribution in [0.25, 0.3) is 22.0 Å². The zero-order valence-electron chi connectivity index (χ0n) is 16.1. The van der Waals surface area contributed by atoms with E-state index < -0.39 is 0 Å². The van der Waals surface area contributed by atoms with Gasteiger partial charge in [0.05, 0.1) is 11.4 Å². The number of benzene rings is 2. The third-order valence-electron chi connectivity index (χ3n) is 5.36. The summed E-state index contributed by atoms with van der Waals surface area (Å²) in [5, 5.41) is 3.75. The fourth-order valence-electron chi connectivity index (χ4n) is 3.78. The number of nitrogens with zero attached hydrogens (tertiary/aromatic N) is 2. The topological polar surface area (TPSA) is 62.3 Å². The highest BCUT2D eigenvalue weighted by molar-refractivity contribution is 5.96. The summed E-state index contributed by atoms with van der Waals surface area (Å²) in [5.74, 6) is -0.135. The fourth-order valence-corrected chi connectivity index (χ4v) is 3.78. The first kappa shape index (κ1) is 18.2. The van der Waals surface area contributed by atoms with Crippen LogP contribution in [0.2, 0.25) is 0 Å². The lowest BCUT2D eigenvalue weighted by Gasteiger charge is -2.17. The number of nitrogens with one attached hydrogen (secondary N) is 1. The van der Waals surface area contributed by atoms with E-state index in [9.17, 15) is 9.59 Å². The lowest BCUT2D eigenvalue weighted by molar-refractivity contribution is -0.124. The van der Waals surface area contributed by atoms with E-state index in [0.717, 1.165) is 27.7 Å². The van der Waals surface area contributed by atoms with Gasteiger partial charge in [-0.05, 0) is 54.8 Å². The van der Waals surface area contributed by atoms with Gasteiger partial charge in [-0.3, -0.25) is 14.6 Å². The standard InChI is InChI=1S/C23H23N3O2/c1-15-6-7-18-12-17(8-9-21(18)25-15)16-4-3-5-19(13-16)23(28)26-11-10-20(14-26)22(27)24-2/h3-9,12-13,20H,10-11,14H2,1-2H3,(H,24,27)/t20-/m1/s1. The van der Waals surface area contributed by atoms with E-state index in [-0.39, 0.29) is 17.7 Å². The van der Waals surface area contributed by atoms with Crippen LogP contribution in [0.1, 0.15) is 22.5 Å². The minimum atomic E-state index is -0.117. The third-order valence-corrected chi connectivity index (χ3v) is 5.36. The highest BCUT2D eigenvalue weighted by Crippen LogP contribution is 2.26. The molecule has 2 amide bonds. The van der Waals surface area contributed by atoms with Gasteiger partial charge in [-0.15, -0.1) is 0 Å². The molecule has 2 heterocycles. The Morgan fingerprint density at radius 3 is 2.71 bits per heavy atom. The minimum absolute atomic E-state index is 0.00376. The van der Waals surface area contributed by atoms with Crippen LogP contribution >= 0.6 is 0 Å². The van der Waals surface area contributed by atoms with E-state index in [0.29, 0.717) is 25.1 Å². The van der Waals surface area contributed by atoms with Crippen LogP contribution in [0, 0.1) is 12.8 Å². The molecule has 1 N–H and O–H groups in total. The van der Waals surface area contributed by atoms with Crippen molar-refractivity contribution in [2.24, 2.45) is 5.92 Å². The first-order valence-corrected chi connectivity index (χ1v) is 9.54. The molecule has 0 aliphatic carbocycles. The van der Waals surface area contributed by atoms with E-state index in [4.69, 9.17) is 0 Å². The first-order valence-electron chi connectivity index (χ1n) is 9.54. The Bertz CT molecular complexity index is 1060. The van der Waals surface area contributed by atoms with Gasteiger partial charge < -0.3 is 10.2 Å². The van der Waals surface area contributed by atoms with Gasteiger partial charge in [0, 0.05) is 36.8 Å². The molecule has 0 spiro atoms. The predicted molar refractivity (Wildman–Crippen MR) is 110 cm³/mol. The monoisotopic (exact) mass is 373 g/mol. The van der Waals surface area contributed by atoms with E-state index in [1.807, 2.05) is 49.4 Å². The Hall–Kier alpha value is -3.21. The van der Waals surface area contributed by atoms with E-state index >= 15 is 0 Å². The Morgan fingerprint density at radius 1 is 1.07 bits per heavy atom. The van der Waals surface area contributed by atoms with Gasteiger partial charge in [0.25, 0.3) is 5.91 Å². The second kappa shape index (κ2) is 7.43. The Kier molecular flexibility index (Phi) is 4.82. The normalized spacial score (nSPS) is 16.4. The van der Waals surface area contributed by atoms with Gasteiger partial charge in [-0.2, -0.15) is 0 Å². The number of likely N-dealkylation sites (tertiary alicyclic amines) is 1. The molecule has 4 rings (SSSR count). The molecule has 3 aromatic rings. The largest absolute Gasteiger partial charge is 0.359 e. The second-order valence-corrected chi connectivity index (χ2v) is 7.29. The number of aryl methyl sites for hydroxylation is 1. The number of hydrogen-bond donors (Lipinski definition) is 1. The van der Waals surface area contributed by atoms with Crippen LogP contribution in [-0.2, 0) is 4.79 Å². The van der Waals surface area contributed by atoms with E-state index in [1.54, 1.807) is 11.9 Å². The van der Waals surface area contributed by atoms with Crippen molar-refractivity contribution in [3.8, 4) is 11.1 Å². The third kappa shape index (κ3) is 3.48. The molecule has 1 saturated heterocycles. The molecule has 2 aromatic carbocycles. The summed E-state index contributed by atoms with van der Waals surface area (Å²) in [5.41, 5.74) is 4.66. The molecule has 0 unspecified atom stereocenters. The number of carbonyl (C=O) groups excluding carboxylic acids is 2. The highest BCUT2D eigenvalue weighted by atomic mass is 16.2. The quantitative estimate of drug-likeness (QED) is 0.765. The average Bonchev–Trinajstić information content (AvgIpc) is 3.22. The van der Waals surface area contributed by atoms with Crippen LogP contribution < -0.4 is 5.32 Å². The van der Waals surface area contributed by atoms with E-state index in [2.05, 4.69) is 22.4 Å². The summed E-state index contributed by atoms with van der Waals surface area (Å²) in [6.45, 7) is 3.07. The van der Waals surface area contributed by atoms with Gasteiger partial charge >= 0.3 is 0 Å². The molecular weight excluding hydrogens is 350 g/mol. The van der Waals surface area contributed by atoms with Crippen LogP contribution in [0.5, 0.6) is 0 Å². The fraction of sp³-hybridized carbons (Fsp3) is 0.261. The maximum Gasteiger partial charge on any atom is 0.253 e. The van der Waals surface area contributed by atoms with Crippen LogP contribution in [0.3, 0.4) is 0 Å². The van der Waals surface area contributed by atoms with Crippen molar-refractivity contribution < 1.29 is 9.59 Å². The van der Waals surface area contributed by atoms with Crippen molar-refractivity contribution in [1.82, 2.24) is 15.2 Å². The van der Waals surface area contributed by atoms with Crippen LogP contribution in [-0.4, -0.2) is 41.8 Å². The molecule has 28 heavy (non-hydrogen) atoms. The summed E-state index contributed by atoms with van der Waals surface area (Å²) >= 11 is 0. The molecule has 0 bridgehead atoms. The number of amides is 2. The summed E-state index contributed by atoms with van der Waals surface area (Å²) in [6.07, 6.45) is 0.711. The van der Waals surface area contributed by atoms with Crippen LogP contribution in [0.4, 0.5) is 0 Å². The average molecular weight is 373 g/mol. The van der Waals surface area contributed by atoms with Crippen molar-refractivity contribution in [3.63, 3.8) is 0 Å². The van der Waals surface area contributed by atoms with Gasteiger partial charge in [0.1, 0.15) is 0 Å². The molecule has 1 fully saturated rings. The molecule has 142 valence electrons. The minimum Gasteiger partial charge on any atom is -0.359 e. The summed E-state index contributed by atoms with van der Waals surface area (Å²) in [7, 11) is 1.64. The van der Waals surface area contributed by atoms with Crippen molar-refractivity contribution in [1.29, 1.82) is 0 Å². The SMILES string of the molecule is CNC(=O)[C@@H]1CCN(C(=O)c2cccc(-c3ccc4nc(C)ccc4c3)c2)C1. The predicted octanol–water partition coefficient (Wildman–Crippen LogP) is 3.42. The number of rotatable bonds is 3. The number of aromatic nitrogens is 1. The maximum absolute atomic E-state index is 12.9. The van der Waals surface area contributed by atoms with Crippen molar-refractivity contribution in [2.45, 2.75) is 13.3 Å². The molecular formula is C23H23N3O2. The zero-order chi connectivity index (χ0) is 19.7. The first-order chi connectivity index (χ1) is 13.5. The molecule has 1 aliphatic rings. The lowest BCUT2D eigenvalue weighted by atomic mass is 10.0. The lowest BCUT2D eigenvalue weighted by Crippen LogP contribution is -2.33. The van der Waals surface area contributed by atoms with Crippen LogP contribution in [0.15, 0.2) is 54.6 Å². The molecule has 5 heteroatoms. The van der Waals surface area contributed by atoms with Gasteiger partial charge in [-0.1, -0.05) is 24.3 Å². The number of hydrogen-bond acceptors (Lipinski definition) is 3. The number of carbonyl (C=O) groups is 2.